The highest BCUT2D eigenvalue weighted by Gasteiger charge is 2.24. The van der Waals surface area contributed by atoms with Crippen LogP contribution in [0.1, 0.15) is 30.6 Å². The van der Waals surface area contributed by atoms with Crippen molar-refractivity contribution in [3.63, 3.8) is 0 Å². The quantitative estimate of drug-likeness (QED) is 0.665. The first-order valence-corrected chi connectivity index (χ1v) is 8.04. The van der Waals surface area contributed by atoms with Crippen LogP contribution in [0, 0.1) is 5.92 Å². The van der Waals surface area contributed by atoms with E-state index in [2.05, 4.69) is 45.9 Å². The van der Waals surface area contributed by atoms with Gasteiger partial charge in [-0.2, -0.15) is 0 Å². The Kier molecular flexibility index (Phi) is 3.76. The zero-order valence-corrected chi connectivity index (χ0v) is 13.0. The van der Waals surface area contributed by atoms with Gasteiger partial charge in [0.15, 0.2) is 0 Å². The Morgan fingerprint density at radius 3 is 2.85 bits per heavy atom. The first kappa shape index (κ1) is 13.6. The second-order valence-corrected chi connectivity index (χ2v) is 6.35. The number of rotatable bonds is 4. The van der Waals surface area contributed by atoms with Crippen LogP contribution in [-0.4, -0.2) is 14.5 Å². The van der Waals surface area contributed by atoms with Crippen LogP contribution in [0.15, 0.2) is 36.0 Å². The van der Waals surface area contributed by atoms with Gasteiger partial charge in [0, 0.05) is 11.1 Å². The Bertz CT molecular complexity index is 703. The number of aromatic nitrogens is 3. The number of fused-ring (bicyclic) bond motifs is 1. The summed E-state index contributed by atoms with van der Waals surface area (Å²) in [4.78, 5) is 10.1. The summed E-state index contributed by atoms with van der Waals surface area (Å²) < 4.78 is 2.26. The highest BCUT2D eigenvalue weighted by Crippen LogP contribution is 2.34. The normalized spacial score (nSPS) is 13.2. The van der Waals surface area contributed by atoms with Gasteiger partial charge in [0.25, 0.3) is 0 Å². The zero-order valence-electron chi connectivity index (χ0n) is 11.5. The Morgan fingerprint density at radius 2 is 2.20 bits per heavy atom. The maximum absolute atomic E-state index is 6.11. The zero-order chi connectivity index (χ0) is 14.1. The molecule has 3 heterocycles. The lowest BCUT2D eigenvalue weighted by Gasteiger charge is -2.24. The van der Waals surface area contributed by atoms with E-state index in [0.29, 0.717) is 11.8 Å². The molecule has 0 radical (unpaired) electrons. The minimum atomic E-state index is 0.260. The van der Waals surface area contributed by atoms with Crippen LogP contribution in [0.25, 0.3) is 11.0 Å². The molecule has 104 valence electrons. The maximum atomic E-state index is 6.11. The molecule has 0 fully saturated rings. The van der Waals surface area contributed by atoms with Gasteiger partial charge in [0.1, 0.15) is 11.3 Å². The first-order valence-electron chi connectivity index (χ1n) is 6.62. The molecule has 0 aliphatic rings. The summed E-state index contributed by atoms with van der Waals surface area (Å²) in [6, 6.07) is 6.55. The van der Waals surface area contributed by atoms with E-state index in [9.17, 15) is 0 Å². The van der Waals surface area contributed by atoms with Crippen LogP contribution in [-0.2, 0) is 5.88 Å². The van der Waals surface area contributed by atoms with Crippen LogP contribution in [0.5, 0.6) is 0 Å². The summed E-state index contributed by atoms with van der Waals surface area (Å²) in [5.74, 6) is 1.77. The van der Waals surface area contributed by atoms with Crippen LogP contribution >= 0.6 is 22.9 Å². The lowest BCUT2D eigenvalue weighted by Crippen LogP contribution is -2.17. The summed E-state index contributed by atoms with van der Waals surface area (Å²) in [6.45, 7) is 4.46. The number of alkyl halides is 1. The van der Waals surface area contributed by atoms with Crippen molar-refractivity contribution in [2.75, 3.05) is 0 Å². The fourth-order valence-electron chi connectivity index (χ4n) is 2.62. The third-order valence-corrected chi connectivity index (χ3v) is 4.61. The van der Waals surface area contributed by atoms with Crippen molar-refractivity contribution in [3.8, 4) is 0 Å². The van der Waals surface area contributed by atoms with Gasteiger partial charge in [0.2, 0.25) is 0 Å². The number of hydrogen-bond donors (Lipinski definition) is 0. The van der Waals surface area contributed by atoms with Crippen molar-refractivity contribution in [2.24, 2.45) is 5.92 Å². The van der Waals surface area contributed by atoms with Crippen molar-refractivity contribution in [3.05, 3.63) is 46.7 Å². The van der Waals surface area contributed by atoms with E-state index in [1.54, 1.807) is 17.5 Å². The molecule has 1 atom stereocenters. The van der Waals surface area contributed by atoms with Gasteiger partial charge < -0.3 is 4.57 Å². The third kappa shape index (κ3) is 2.23. The SMILES string of the molecule is CC(C)C(c1cccs1)n1c(CCl)nc2cnccc21. The smallest absolute Gasteiger partial charge is 0.125 e. The molecule has 3 rings (SSSR count). The molecular formula is C15H16ClN3S. The third-order valence-electron chi connectivity index (χ3n) is 3.43. The van der Waals surface area contributed by atoms with E-state index in [1.165, 1.54) is 4.88 Å². The summed E-state index contributed by atoms with van der Waals surface area (Å²) in [7, 11) is 0. The number of nitrogens with zero attached hydrogens (tertiary/aromatic N) is 3. The molecule has 3 nitrogen and oxygen atoms in total. The molecule has 0 aromatic carbocycles. The number of imidazole rings is 1. The molecular weight excluding hydrogens is 290 g/mol. The molecule has 0 amide bonds. The molecule has 5 heteroatoms. The fraction of sp³-hybridized carbons (Fsp3) is 0.333. The van der Waals surface area contributed by atoms with Crippen molar-refractivity contribution in [1.82, 2.24) is 14.5 Å². The van der Waals surface area contributed by atoms with Gasteiger partial charge in [-0.15, -0.1) is 22.9 Å². The largest absolute Gasteiger partial charge is 0.318 e. The minimum absolute atomic E-state index is 0.260. The molecule has 0 aliphatic heterocycles. The van der Waals surface area contributed by atoms with Crippen LogP contribution in [0.2, 0.25) is 0 Å². The summed E-state index contributed by atoms with van der Waals surface area (Å²) >= 11 is 7.89. The fourth-order valence-corrected chi connectivity index (χ4v) is 3.80. The lowest BCUT2D eigenvalue weighted by atomic mass is 10.0. The van der Waals surface area contributed by atoms with Crippen molar-refractivity contribution in [1.29, 1.82) is 0 Å². The van der Waals surface area contributed by atoms with Crippen LogP contribution in [0.3, 0.4) is 0 Å². The molecule has 0 saturated carbocycles. The lowest BCUT2D eigenvalue weighted by molar-refractivity contribution is 0.444. The first-order chi connectivity index (χ1) is 9.72. The maximum Gasteiger partial charge on any atom is 0.125 e. The van der Waals surface area contributed by atoms with Gasteiger partial charge >= 0.3 is 0 Å². The molecule has 0 spiro atoms. The molecule has 3 aromatic rings. The van der Waals surface area contributed by atoms with E-state index >= 15 is 0 Å². The number of thiophene rings is 1. The highest BCUT2D eigenvalue weighted by molar-refractivity contribution is 7.10. The standard InChI is InChI=1S/C15H16ClN3S/c1-10(2)15(13-4-3-7-20-13)19-12-5-6-17-9-11(12)18-14(19)8-16/h3-7,9-10,15H,8H2,1-2H3. The van der Waals surface area contributed by atoms with Crippen molar-refractivity contribution >= 4 is 34.0 Å². The predicted octanol–water partition coefficient (Wildman–Crippen LogP) is 4.48. The minimum Gasteiger partial charge on any atom is -0.318 e. The van der Waals surface area contributed by atoms with E-state index in [0.717, 1.165) is 16.9 Å². The van der Waals surface area contributed by atoms with E-state index < -0.39 is 0 Å². The molecule has 1 unspecified atom stereocenters. The van der Waals surface area contributed by atoms with Crippen molar-refractivity contribution < 1.29 is 0 Å². The van der Waals surface area contributed by atoms with Crippen LogP contribution in [0.4, 0.5) is 0 Å². The van der Waals surface area contributed by atoms with Gasteiger partial charge in [-0.05, 0) is 23.4 Å². The molecule has 0 saturated heterocycles. The second-order valence-electron chi connectivity index (χ2n) is 5.10. The van der Waals surface area contributed by atoms with Gasteiger partial charge in [-0.1, -0.05) is 19.9 Å². The number of halogens is 1. The Morgan fingerprint density at radius 1 is 1.35 bits per heavy atom. The Labute approximate surface area is 127 Å². The van der Waals surface area contributed by atoms with E-state index in [1.807, 2.05) is 12.3 Å². The van der Waals surface area contributed by atoms with Gasteiger partial charge in [-0.25, -0.2) is 4.98 Å². The highest BCUT2D eigenvalue weighted by atomic mass is 35.5. The molecule has 3 aromatic heterocycles. The molecule has 20 heavy (non-hydrogen) atoms. The second kappa shape index (κ2) is 5.54. The summed E-state index contributed by atoms with van der Waals surface area (Å²) in [5.41, 5.74) is 2.01. The Balaban J connectivity index is 2.25. The van der Waals surface area contributed by atoms with Gasteiger partial charge in [0.05, 0.1) is 23.6 Å². The van der Waals surface area contributed by atoms with Gasteiger partial charge in [-0.3, -0.25) is 4.98 Å². The average Bonchev–Trinajstić information content (AvgIpc) is 3.07. The molecule has 0 N–H and O–H groups in total. The van der Waals surface area contributed by atoms with E-state index in [4.69, 9.17) is 11.6 Å². The summed E-state index contributed by atoms with van der Waals surface area (Å²) in [5, 5.41) is 2.12. The molecule has 0 aliphatic carbocycles. The average molecular weight is 306 g/mol. The molecule has 0 bridgehead atoms. The Hall–Kier alpha value is -1.39. The number of pyridine rings is 1. The van der Waals surface area contributed by atoms with E-state index in [-0.39, 0.29) is 6.04 Å². The van der Waals surface area contributed by atoms with Crippen molar-refractivity contribution in [2.45, 2.75) is 25.8 Å². The predicted molar refractivity (Wildman–Crippen MR) is 84.4 cm³/mol. The number of hydrogen-bond acceptors (Lipinski definition) is 3. The monoisotopic (exact) mass is 305 g/mol. The summed E-state index contributed by atoms with van der Waals surface area (Å²) in [6.07, 6.45) is 3.61. The topological polar surface area (TPSA) is 30.7 Å². The van der Waals surface area contributed by atoms with Crippen LogP contribution < -0.4 is 0 Å².